The van der Waals surface area contributed by atoms with E-state index in [2.05, 4.69) is 12.2 Å². The molecule has 0 saturated heterocycles. The molecule has 1 aliphatic rings. The van der Waals surface area contributed by atoms with E-state index in [0.29, 0.717) is 6.42 Å². The highest BCUT2D eigenvalue weighted by molar-refractivity contribution is 6.01. The van der Waals surface area contributed by atoms with Crippen LogP contribution in [0.2, 0.25) is 0 Å². The maximum atomic E-state index is 11.7. The van der Waals surface area contributed by atoms with Crippen molar-refractivity contribution in [1.82, 2.24) is 5.32 Å². The van der Waals surface area contributed by atoms with E-state index < -0.39 is 0 Å². The Morgan fingerprint density at radius 3 is 2.81 bits per heavy atom. The highest BCUT2D eigenvalue weighted by Gasteiger charge is 2.28. The lowest BCUT2D eigenvalue weighted by molar-refractivity contribution is -0.135. The molecule has 1 fully saturated rings. The van der Waals surface area contributed by atoms with Crippen LogP contribution in [0.1, 0.15) is 58.3 Å². The molecule has 0 bridgehead atoms. The molecule has 1 N–H and O–H groups in total. The predicted molar refractivity (Wildman–Crippen MR) is 64.1 cm³/mol. The number of unbranched alkanes of at least 4 members (excludes halogenated alkanes) is 3. The van der Waals surface area contributed by atoms with Gasteiger partial charge in [0.15, 0.2) is 0 Å². The molecule has 1 saturated carbocycles. The van der Waals surface area contributed by atoms with Gasteiger partial charge in [-0.2, -0.15) is 0 Å². The first-order valence-electron chi connectivity index (χ1n) is 6.56. The second-order valence-corrected chi connectivity index (χ2v) is 4.62. The van der Waals surface area contributed by atoms with Crippen molar-refractivity contribution in [1.29, 1.82) is 0 Å². The van der Waals surface area contributed by atoms with Gasteiger partial charge < -0.3 is 5.32 Å². The van der Waals surface area contributed by atoms with E-state index in [-0.39, 0.29) is 17.6 Å². The molecular formula is C13H23NO2. The number of hydrogen-bond donors (Lipinski definition) is 1. The van der Waals surface area contributed by atoms with Gasteiger partial charge in [0.2, 0.25) is 5.91 Å². The van der Waals surface area contributed by atoms with Gasteiger partial charge in [0, 0.05) is 13.0 Å². The highest BCUT2D eigenvalue weighted by atomic mass is 16.2. The molecule has 0 aromatic rings. The zero-order chi connectivity index (χ0) is 11.8. The van der Waals surface area contributed by atoms with Gasteiger partial charge in [-0.1, -0.05) is 32.6 Å². The monoisotopic (exact) mass is 225 g/mol. The molecule has 0 aromatic heterocycles. The summed E-state index contributed by atoms with van der Waals surface area (Å²) in [6.45, 7) is 2.89. The van der Waals surface area contributed by atoms with Gasteiger partial charge in [-0.3, -0.25) is 9.59 Å². The Morgan fingerprint density at radius 1 is 1.31 bits per heavy atom. The number of nitrogens with one attached hydrogen (secondary N) is 1. The van der Waals surface area contributed by atoms with E-state index in [1.807, 2.05) is 0 Å². The van der Waals surface area contributed by atoms with Gasteiger partial charge >= 0.3 is 0 Å². The quantitative estimate of drug-likeness (QED) is 0.557. The third-order valence-electron chi connectivity index (χ3n) is 3.20. The van der Waals surface area contributed by atoms with E-state index >= 15 is 0 Å². The van der Waals surface area contributed by atoms with Crippen molar-refractivity contribution in [3.05, 3.63) is 0 Å². The van der Waals surface area contributed by atoms with Crippen molar-refractivity contribution in [2.75, 3.05) is 6.54 Å². The third-order valence-corrected chi connectivity index (χ3v) is 3.20. The van der Waals surface area contributed by atoms with Gasteiger partial charge in [0.25, 0.3) is 0 Å². The number of hydrogen-bond acceptors (Lipinski definition) is 2. The summed E-state index contributed by atoms with van der Waals surface area (Å²) in [6, 6.07) is 0. The smallest absolute Gasteiger partial charge is 0.230 e. The number of Topliss-reactive ketones (excluding diaryl/α,β-unsaturated/α-hetero) is 1. The van der Waals surface area contributed by atoms with Gasteiger partial charge in [0.05, 0.1) is 5.92 Å². The Labute approximate surface area is 98.0 Å². The molecule has 0 aromatic carbocycles. The van der Waals surface area contributed by atoms with E-state index in [9.17, 15) is 9.59 Å². The molecule has 92 valence electrons. The van der Waals surface area contributed by atoms with Crippen molar-refractivity contribution in [2.45, 2.75) is 58.3 Å². The first-order valence-corrected chi connectivity index (χ1v) is 6.56. The molecule has 16 heavy (non-hydrogen) atoms. The van der Waals surface area contributed by atoms with Crippen LogP contribution in [0.25, 0.3) is 0 Å². The molecule has 1 amide bonds. The minimum atomic E-state index is -0.347. The van der Waals surface area contributed by atoms with Crippen LogP contribution in [0.15, 0.2) is 0 Å². The minimum absolute atomic E-state index is 0.0406. The predicted octanol–water partition coefficient (Wildman–Crippen LogP) is 2.44. The fourth-order valence-electron chi connectivity index (χ4n) is 2.15. The number of carbonyl (C=O) groups excluding carboxylic acids is 2. The Morgan fingerprint density at radius 2 is 2.12 bits per heavy atom. The standard InChI is InChI=1S/C13H23NO2/c1-2-3-4-7-10-14-13(16)11-8-5-6-9-12(11)15/h11H,2-10H2,1H3,(H,14,16). The third kappa shape index (κ3) is 4.33. The van der Waals surface area contributed by atoms with Crippen LogP contribution in [-0.4, -0.2) is 18.2 Å². The second-order valence-electron chi connectivity index (χ2n) is 4.62. The molecule has 1 unspecified atom stereocenters. The van der Waals surface area contributed by atoms with E-state index in [1.165, 1.54) is 12.8 Å². The molecule has 3 heteroatoms. The van der Waals surface area contributed by atoms with E-state index in [1.54, 1.807) is 0 Å². The van der Waals surface area contributed by atoms with Crippen LogP contribution in [-0.2, 0) is 9.59 Å². The van der Waals surface area contributed by atoms with Crippen molar-refractivity contribution in [2.24, 2.45) is 5.92 Å². The van der Waals surface area contributed by atoms with Gasteiger partial charge in [0.1, 0.15) is 5.78 Å². The number of carbonyl (C=O) groups is 2. The van der Waals surface area contributed by atoms with E-state index in [0.717, 1.165) is 38.6 Å². The topological polar surface area (TPSA) is 46.2 Å². The largest absolute Gasteiger partial charge is 0.355 e. The van der Waals surface area contributed by atoms with Crippen LogP contribution in [0.5, 0.6) is 0 Å². The lowest BCUT2D eigenvalue weighted by atomic mass is 9.87. The fraction of sp³-hybridized carbons (Fsp3) is 0.846. The molecule has 3 nitrogen and oxygen atoms in total. The van der Waals surface area contributed by atoms with Crippen molar-refractivity contribution >= 4 is 11.7 Å². The summed E-state index contributed by atoms with van der Waals surface area (Å²) in [6.07, 6.45) is 7.93. The van der Waals surface area contributed by atoms with Gasteiger partial charge in [-0.15, -0.1) is 0 Å². The molecule has 1 aliphatic carbocycles. The van der Waals surface area contributed by atoms with Gasteiger partial charge in [-0.25, -0.2) is 0 Å². The van der Waals surface area contributed by atoms with Gasteiger partial charge in [-0.05, 0) is 19.3 Å². The Kier molecular flexibility index (Phi) is 6.12. The summed E-state index contributed by atoms with van der Waals surface area (Å²) in [7, 11) is 0. The number of amides is 1. The summed E-state index contributed by atoms with van der Waals surface area (Å²) in [5.74, 6) is -0.251. The highest BCUT2D eigenvalue weighted by Crippen LogP contribution is 2.20. The Bertz CT molecular complexity index is 238. The summed E-state index contributed by atoms with van der Waals surface area (Å²) in [5, 5.41) is 2.88. The van der Waals surface area contributed by atoms with Crippen LogP contribution >= 0.6 is 0 Å². The minimum Gasteiger partial charge on any atom is -0.355 e. The lowest BCUT2D eigenvalue weighted by Crippen LogP contribution is -2.37. The first kappa shape index (κ1) is 13.2. The summed E-state index contributed by atoms with van der Waals surface area (Å²) < 4.78 is 0. The molecular weight excluding hydrogens is 202 g/mol. The van der Waals surface area contributed by atoms with Crippen molar-refractivity contribution in [3.8, 4) is 0 Å². The van der Waals surface area contributed by atoms with Crippen LogP contribution < -0.4 is 5.32 Å². The maximum Gasteiger partial charge on any atom is 0.230 e. The second kappa shape index (κ2) is 7.42. The SMILES string of the molecule is CCCCCCNC(=O)C1CCCCC1=O. The summed E-state index contributed by atoms with van der Waals surface area (Å²) in [5.41, 5.74) is 0. The summed E-state index contributed by atoms with van der Waals surface area (Å²) in [4.78, 5) is 23.2. The molecule has 1 rings (SSSR count). The summed E-state index contributed by atoms with van der Waals surface area (Å²) >= 11 is 0. The molecule has 0 radical (unpaired) electrons. The number of rotatable bonds is 6. The average molecular weight is 225 g/mol. The first-order chi connectivity index (χ1) is 7.75. The fourth-order valence-corrected chi connectivity index (χ4v) is 2.15. The van der Waals surface area contributed by atoms with Crippen molar-refractivity contribution < 1.29 is 9.59 Å². The average Bonchev–Trinajstić information content (AvgIpc) is 2.29. The lowest BCUT2D eigenvalue weighted by Gasteiger charge is -2.19. The molecule has 0 heterocycles. The Balaban J connectivity index is 2.16. The van der Waals surface area contributed by atoms with Crippen LogP contribution in [0.3, 0.4) is 0 Å². The zero-order valence-corrected chi connectivity index (χ0v) is 10.3. The van der Waals surface area contributed by atoms with E-state index in [4.69, 9.17) is 0 Å². The maximum absolute atomic E-state index is 11.7. The molecule has 0 spiro atoms. The van der Waals surface area contributed by atoms with Crippen molar-refractivity contribution in [3.63, 3.8) is 0 Å². The Hall–Kier alpha value is -0.860. The van der Waals surface area contributed by atoms with Crippen LogP contribution in [0.4, 0.5) is 0 Å². The van der Waals surface area contributed by atoms with Crippen LogP contribution in [0, 0.1) is 5.92 Å². The zero-order valence-electron chi connectivity index (χ0n) is 10.3. The molecule has 1 atom stereocenters. The number of ketones is 1. The molecule has 0 aliphatic heterocycles. The normalized spacial score (nSPS) is 20.8.